The normalized spacial score (nSPS) is 12.2. The lowest BCUT2D eigenvalue weighted by molar-refractivity contribution is 0.0943. The Morgan fingerprint density at radius 1 is 1.39 bits per heavy atom. The van der Waals surface area contributed by atoms with Gasteiger partial charge in [0.2, 0.25) is 0 Å². The van der Waals surface area contributed by atoms with E-state index in [1.54, 1.807) is 0 Å². The molecule has 0 saturated heterocycles. The van der Waals surface area contributed by atoms with E-state index >= 15 is 0 Å². The molecule has 1 amide bonds. The summed E-state index contributed by atoms with van der Waals surface area (Å²) in [5.41, 5.74) is 2.12. The van der Waals surface area contributed by atoms with Crippen LogP contribution in [-0.2, 0) is 0 Å². The summed E-state index contributed by atoms with van der Waals surface area (Å²) in [7, 11) is 0. The van der Waals surface area contributed by atoms with E-state index in [-0.39, 0.29) is 11.9 Å². The molecule has 0 saturated carbocycles. The van der Waals surface area contributed by atoms with Crippen molar-refractivity contribution in [3.8, 4) is 0 Å². The molecule has 1 atom stereocenters. The average molecular weight is 324 g/mol. The smallest absolute Gasteiger partial charge is 0.262 e. The van der Waals surface area contributed by atoms with Crippen LogP contribution in [0.1, 0.15) is 33.8 Å². The van der Waals surface area contributed by atoms with Crippen LogP contribution in [0.3, 0.4) is 0 Å². The summed E-state index contributed by atoms with van der Waals surface area (Å²) in [5, 5.41) is 4.96. The molecule has 94 valence electrons. The highest BCUT2D eigenvalue weighted by molar-refractivity contribution is 9.10. The molecule has 0 unspecified atom stereocenters. The molecule has 1 aromatic carbocycles. The number of benzene rings is 1. The van der Waals surface area contributed by atoms with Crippen molar-refractivity contribution in [2.75, 3.05) is 0 Å². The Labute approximate surface area is 119 Å². The van der Waals surface area contributed by atoms with E-state index in [1.165, 1.54) is 11.3 Å². The zero-order valence-corrected chi connectivity index (χ0v) is 12.6. The zero-order valence-electron chi connectivity index (χ0n) is 10.2. The van der Waals surface area contributed by atoms with Crippen molar-refractivity contribution in [3.05, 3.63) is 56.2 Å². The third-order valence-corrected chi connectivity index (χ3v) is 4.27. The summed E-state index contributed by atoms with van der Waals surface area (Å²) in [5.74, 6) is -0.00465. The van der Waals surface area contributed by atoms with Crippen LogP contribution in [0.25, 0.3) is 0 Å². The maximum Gasteiger partial charge on any atom is 0.262 e. The van der Waals surface area contributed by atoms with Crippen LogP contribution in [-0.4, -0.2) is 5.91 Å². The molecular formula is C14H14BrNOS. The van der Waals surface area contributed by atoms with E-state index in [9.17, 15) is 4.79 Å². The molecule has 2 nitrogen and oxygen atoms in total. The second kappa shape index (κ2) is 5.67. The van der Waals surface area contributed by atoms with Gasteiger partial charge in [-0.05, 0) is 48.6 Å². The summed E-state index contributed by atoms with van der Waals surface area (Å²) in [4.78, 5) is 12.9. The van der Waals surface area contributed by atoms with Gasteiger partial charge in [0.05, 0.1) is 10.9 Å². The van der Waals surface area contributed by atoms with Crippen molar-refractivity contribution in [1.29, 1.82) is 0 Å². The van der Waals surface area contributed by atoms with E-state index < -0.39 is 0 Å². The Bertz CT molecular complexity index is 564. The number of hydrogen-bond donors (Lipinski definition) is 1. The topological polar surface area (TPSA) is 29.1 Å². The van der Waals surface area contributed by atoms with Gasteiger partial charge in [0, 0.05) is 4.47 Å². The Balaban J connectivity index is 2.10. The molecule has 0 fully saturated rings. The van der Waals surface area contributed by atoms with Crippen molar-refractivity contribution in [1.82, 2.24) is 5.32 Å². The predicted molar refractivity (Wildman–Crippen MR) is 79.1 cm³/mol. The van der Waals surface area contributed by atoms with Gasteiger partial charge in [0.15, 0.2) is 0 Å². The minimum absolute atomic E-state index is 0.00324. The Kier molecular flexibility index (Phi) is 4.19. The first kappa shape index (κ1) is 13.3. The van der Waals surface area contributed by atoms with Gasteiger partial charge in [-0.15, -0.1) is 11.3 Å². The molecule has 2 aromatic rings. The standard InChI is InChI=1S/C14H14BrNOS/c1-9-6-7-18-13(9)14(17)16-10(2)11-4-3-5-12(15)8-11/h3-8,10H,1-2H3,(H,16,17)/t10-/m1/s1. The molecular weight excluding hydrogens is 310 g/mol. The monoisotopic (exact) mass is 323 g/mol. The Hall–Kier alpha value is -1.13. The predicted octanol–water partition coefficient (Wildman–Crippen LogP) is 4.31. The number of rotatable bonds is 3. The van der Waals surface area contributed by atoms with Crippen LogP contribution in [0.2, 0.25) is 0 Å². The molecule has 1 aromatic heterocycles. The number of nitrogens with one attached hydrogen (secondary N) is 1. The Morgan fingerprint density at radius 2 is 2.17 bits per heavy atom. The summed E-state index contributed by atoms with van der Waals surface area (Å²) in [6.07, 6.45) is 0. The second-order valence-electron chi connectivity index (χ2n) is 4.18. The quantitative estimate of drug-likeness (QED) is 0.895. The fourth-order valence-corrected chi connectivity index (χ4v) is 2.97. The molecule has 18 heavy (non-hydrogen) atoms. The van der Waals surface area contributed by atoms with Crippen LogP contribution >= 0.6 is 27.3 Å². The molecule has 0 aliphatic heterocycles. The number of thiophene rings is 1. The lowest BCUT2D eigenvalue weighted by Crippen LogP contribution is -2.26. The minimum Gasteiger partial charge on any atom is -0.345 e. The number of hydrogen-bond acceptors (Lipinski definition) is 2. The van der Waals surface area contributed by atoms with Gasteiger partial charge in [-0.2, -0.15) is 0 Å². The van der Waals surface area contributed by atoms with Crippen molar-refractivity contribution < 1.29 is 4.79 Å². The summed E-state index contributed by atoms with van der Waals surface area (Å²) >= 11 is 4.91. The van der Waals surface area contributed by atoms with Crippen LogP contribution < -0.4 is 5.32 Å². The second-order valence-corrected chi connectivity index (χ2v) is 6.01. The first-order valence-electron chi connectivity index (χ1n) is 5.68. The summed E-state index contributed by atoms with van der Waals surface area (Å²) < 4.78 is 1.02. The summed E-state index contributed by atoms with van der Waals surface area (Å²) in [6.45, 7) is 3.94. The number of amides is 1. The molecule has 1 heterocycles. The lowest BCUT2D eigenvalue weighted by Gasteiger charge is -2.14. The molecule has 2 rings (SSSR count). The van der Waals surface area contributed by atoms with Crippen molar-refractivity contribution in [2.24, 2.45) is 0 Å². The molecule has 0 spiro atoms. The molecule has 0 bridgehead atoms. The third kappa shape index (κ3) is 3.00. The van der Waals surface area contributed by atoms with Crippen LogP contribution in [0.5, 0.6) is 0 Å². The fraction of sp³-hybridized carbons (Fsp3) is 0.214. The van der Waals surface area contributed by atoms with Gasteiger partial charge in [0.1, 0.15) is 0 Å². The largest absolute Gasteiger partial charge is 0.345 e. The first-order valence-corrected chi connectivity index (χ1v) is 7.35. The molecule has 4 heteroatoms. The average Bonchev–Trinajstić information content (AvgIpc) is 2.75. The van der Waals surface area contributed by atoms with Crippen LogP contribution in [0.4, 0.5) is 0 Å². The Morgan fingerprint density at radius 3 is 2.78 bits per heavy atom. The molecule has 0 aliphatic carbocycles. The van der Waals surface area contributed by atoms with E-state index in [0.29, 0.717) is 0 Å². The van der Waals surface area contributed by atoms with Crippen molar-refractivity contribution in [2.45, 2.75) is 19.9 Å². The van der Waals surface area contributed by atoms with Gasteiger partial charge in [-0.1, -0.05) is 28.1 Å². The zero-order chi connectivity index (χ0) is 13.1. The number of aryl methyl sites for hydroxylation is 1. The fourth-order valence-electron chi connectivity index (χ4n) is 1.73. The van der Waals surface area contributed by atoms with Gasteiger partial charge in [-0.25, -0.2) is 0 Å². The van der Waals surface area contributed by atoms with E-state index in [2.05, 4.69) is 21.2 Å². The van der Waals surface area contributed by atoms with Gasteiger partial charge >= 0.3 is 0 Å². The number of carbonyl (C=O) groups excluding carboxylic acids is 1. The van der Waals surface area contributed by atoms with Crippen molar-refractivity contribution >= 4 is 33.2 Å². The maximum absolute atomic E-state index is 12.1. The molecule has 0 radical (unpaired) electrons. The highest BCUT2D eigenvalue weighted by Gasteiger charge is 2.14. The van der Waals surface area contributed by atoms with Gasteiger partial charge < -0.3 is 5.32 Å². The van der Waals surface area contributed by atoms with Crippen LogP contribution in [0, 0.1) is 6.92 Å². The van der Waals surface area contributed by atoms with E-state index in [0.717, 1.165) is 20.5 Å². The summed E-state index contributed by atoms with van der Waals surface area (Å²) in [6, 6.07) is 9.93. The molecule has 0 aliphatic rings. The van der Waals surface area contributed by atoms with Gasteiger partial charge in [-0.3, -0.25) is 4.79 Å². The van der Waals surface area contributed by atoms with Crippen molar-refractivity contribution in [3.63, 3.8) is 0 Å². The lowest BCUT2D eigenvalue weighted by atomic mass is 10.1. The SMILES string of the molecule is Cc1ccsc1C(=O)N[C@H](C)c1cccc(Br)c1. The third-order valence-electron chi connectivity index (χ3n) is 2.76. The van der Waals surface area contributed by atoms with E-state index in [1.807, 2.05) is 49.6 Å². The van der Waals surface area contributed by atoms with Crippen LogP contribution in [0.15, 0.2) is 40.2 Å². The number of carbonyl (C=O) groups is 1. The first-order chi connectivity index (χ1) is 8.58. The molecule has 1 N–H and O–H groups in total. The minimum atomic E-state index is -0.00465. The van der Waals surface area contributed by atoms with E-state index in [4.69, 9.17) is 0 Å². The number of halogens is 1. The highest BCUT2D eigenvalue weighted by Crippen LogP contribution is 2.20. The van der Waals surface area contributed by atoms with Gasteiger partial charge in [0.25, 0.3) is 5.91 Å². The highest BCUT2D eigenvalue weighted by atomic mass is 79.9. The maximum atomic E-state index is 12.1.